The molecule has 0 atom stereocenters. The maximum atomic E-state index is 10.9. The monoisotopic (exact) mass is 268 g/mol. The number of hydrogen-bond acceptors (Lipinski definition) is 5. The molecule has 0 heterocycles. The van der Waals surface area contributed by atoms with Crippen LogP contribution in [0.4, 0.5) is 11.4 Å². The van der Waals surface area contributed by atoms with Gasteiger partial charge in [0.25, 0.3) is 0 Å². The maximum absolute atomic E-state index is 10.9. The number of para-hydroxylation sites is 2. The fraction of sp³-hybridized carbons (Fsp3) is 0.462. The van der Waals surface area contributed by atoms with Crippen molar-refractivity contribution >= 4 is 17.3 Å². The van der Waals surface area contributed by atoms with Crippen LogP contribution in [0, 0.1) is 0 Å². The summed E-state index contributed by atoms with van der Waals surface area (Å²) in [6, 6.07) is 7.18. The van der Waals surface area contributed by atoms with Gasteiger partial charge in [-0.05, 0) is 12.1 Å². The lowest BCUT2D eigenvalue weighted by atomic mass is 10.2. The number of hydrogen-bond donors (Lipinski definition) is 2. The summed E-state index contributed by atoms with van der Waals surface area (Å²) in [5, 5.41) is 8.93. The molecule has 0 unspecified atom stereocenters. The van der Waals surface area contributed by atoms with Gasteiger partial charge in [0.15, 0.2) is 0 Å². The van der Waals surface area contributed by atoms with E-state index in [1.165, 1.54) is 0 Å². The number of nitrogens with two attached hydrogens (primary N) is 1. The Balaban J connectivity index is 2.57. The van der Waals surface area contributed by atoms with Crippen molar-refractivity contribution in [1.29, 1.82) is 0 Å². The number of nitrogen functional groups attached to an aromatic ring is 1. The van der Waals surface area contributed by atoms with Gasteiger partial charge >= 0.3 is 5.97 Å². The molecular weight excluding hydrogens is 248 g/mol. The average Bonchev–Trinajstić information content (AvgIpc) is 2.37. The van der Waals surface area contributed by atoms with E-state index in [4.69, 9.17) is 20.3 Å². The van der Waals surface area contributed by atoms with Gasteiger partial charge < -0.3 is 25.2 Å². The summed E-state index contributed by atoms with van der Waals surface area (Å²) in [7, 11) is 1.60. The van der Waals surface area contributed by atoms with E-state index in [1.54, 1.807) is 24.1 Å². The highest BCUT2D eigenvalue weighted by molar-refractivity contribution is 5.77. The highest BCUT2D eigenvalue weighted by Crippen LogP contribution is 2.21. The van der Waals surface area contributed by atoms with E-state index in [2.05, 4.69) is 0 Å². The van der Waals surface area contributed by atoms with Crippen LogP contribution < -0.4 is 10.6 Å². The Hall–Kier alpha value is -1.79. The molecule has 1 rings (SSSR count). The molecule has 0 saturated heterocycles. The minimum Gasteiger partial charge on any atom is -0.480 e. The number of benzene rings is 1. The van der Waals surface area contributed by atoms with Gasteiger partial charge in [0.2, 0.25) is 0 Å². The van der Waals surface area contributed by atoms with E-state index in [0.717, 1.165) is 0 Å². The fourth-order valence-corrected chi connectivity index (χ4v) is 1.64. The van der Waals surface area contributed by atoms with Crippen molar-refractivity contribution in [2.24, 2.45) is 0 Å². The summed E-state index contributed by atoms with van der Waals surface area (Å²) >= 11 is 0. The number of anilines is 2. The summed E-state index contributed by atoms with van der Waals surface area (Å²) < 4.78 is 10.2. The molecule has 6 heteroatoms. The zero-order chi connectivity index (χ0) is 14.1. The van der Waals surface area contributed by atoms with Gasteiger partial charge in [0.05, 0.1) is 31.2 Å². The molecule has 0 aliphatic rings. The molecule has 0 aliphatic carbocycles. The number of methoxy groups -OCH3 is 1. The van der Waals surface area contributed by atoms with Crippen LogP contribution in [-0.4, -0.2) is 51.1 Å². The Kier molecular flexibility index (Phi) is 6.70. The molecule has 6 nitrogen and oxygen atoms in total. The number of aliphatic carboxylic acids is 1. The average molecular weight is 268 g/mol. The lowest BCUT2D eigenvalue weighted by Gasteiger charge is -2.24. The van der Waals surface area contributed by atoms with Gasteiger partial charge in [0, 0.05) is 13.7 Å². The van der Waals surface area contributed by atoms with Crippen LogP contribution in [0.1, 0.15) is 0 Å². The summed E-state index contributed by atoms with van der Waals surface area (Å²) in [5.74, 6) is -0.903. The first-order chi connectivity index (χ1) is 9.15. The van der Waals surface area contributed by atoms with E-state index < -0.39 is 5.97 Å². The van der Waals surface area contributed by atoms with Crippen molar-refractivity contribution in [3.05, 3.63) is 24.3 Å². The van der Waals surface area contributed by atoms with Gasteiger partial charge in [-0.15, -0.1) is 0 Å². The van der Waals surface area contributed by atoms with Crippen molar-refractivity contribution in [2.45, 2.75) is 0 Å². The number of carboxylic acids is 1. The third kappa shape index (κ3) is 5.58. The van der Waals surface area contributed by atoms with Crippen LogP contribution in [0.5, 0.6) is 0 Å². The summed E-state index contributed by atoms with van der Waals surface area (Å²) in [6.07, 6.45) is 0. The van der Waals surface area contributed by atoms with Crippen LogP contribution in [0.25, 0.3) is 0 Å². The largest absolute Gasteiger partial charge is 0.480 e. The Morgan fingerprint density at radius 2 is 2.05 bits per heavy atom. The SMILES string of the molecule is COCCOCCN(CC(=O)O)c1ccccc1N. The molecule has 0 bridgehead atoms. The van der Waals surface area contributed by atoms with Crippen molar-refractivity contribution < 1.29 is 19.4 Å². The molecule has 0 aromatic heterocycles. The number of ether oxygens (including phenoxy) is 2. The second-order valence-corrected chi connectivity index (χ2v) is 3.98. The fourth-order valence-electron chi connectivity index (χ4n) is 1.64. The molecule has 0 saturated carbocycles. The minimum absolute atomic E-state index is 0.109. The first-order valence-corrected chi connectivity index (χ1v) is 6.03. The van der Waals surface area contributed by atoms with Crippen molar-refractivity contribution in [3.8, 4) is 0 Å². The smallest absolute Gasteiger partial charge is 0.323 e. The van der Waals surface area contributed by atoms with E-state index in [-0.39, 0.29) is 6.54 Å². The Labute approximate surface area is 112 Å². The summed E-state index contributed by atoms with van der Waals surface area (Å²) in [5.41, 5.74) is 7.12. The summed E-state index contributed by atoms with van der Waals surface area (Å²) in [4.78, 5) is 12.6. The van der Waals surface area contributed by atoms with Gasteiger partial charge in [-0.3, -0.25) is 4.79 Å². The van der Waals surface area contributed by atoms with E-state index >= 15 is 0 Å². The lowest BCUT2D eigenvalue weighted by Crippen LogP contribution is -2.33. The molecule has 3 N–H and O–H groups in total. The predicted octanol–water partition coefficient (Wildman–Crippen LogP) is 0.823. The topological polar surface area (TPSA) is 85.0 Å². The number of carboxylic acid groups (broad SMARTS) is 1. The third-order valence-corrected chi connectivity index (χ3v) is 2.54. The van der Waals surface area contributed by atoms with Gasteiger partial charge in [0.1, 0.15) is 6.54 Å². The molecule has 0 amide bonds. The normalized spacial score (nSPS) is 10.4. The molecule has 0 fully saturated rings. The van der Waals surface area contributed by atoms with E-state index in [9.17, 15) is 4.79 Å². The Morgan fingerprint density at radius 3 is 2.68 bits per heavy atom. The lowest BCUT2D eigenvalue weighted by molar-refractivity contribution is -0.135. The molecular formula is C13H20N2O4. The maximum Gasteiger partial charge on any atom is 0.323 e. The van der Waals surface area contributed by atoms with Crippen LogP contribution in [-0.2, 0) is 14.3 Å². The standard InChI is InChI=1S/C13H20N2O4/c1-18-8-9-19-7-6-15(10-13(16)17)12-5-3-2-4-11(12)14/h2-5H,6-10,14H2,1H3,(H,16,17). The minimum atomic E-state index is -0.903. The van der Waals surface area contributed by atoms with Gasteiger partial charge in [-0.2, -0.15) is 0 Å². The van der Waals surface area contributed by atoms with Crippen molar-refractivity contribution in [3.63, 3.8) is 0 Å². The molecule has 1 aromatic rings. The van der Waals surface area contributed by atoms with Crippen molar-refractivity contribution in [1.82, 2.24) is 0 Å². The highest BCUT2D eigenvalue weighted by atomic mass is 16.5. The zero-order valence-electron chi connectivity index (χ0n) is 11.0. The van der Waals surface area contributed by atoms with Crippen molar-refractivity contribution in [2.75, 3.05) is 50.7 Å². The molecule has 1 aromatic carbocycles. The second-order valence-electron chi connectivity index (χ2n) is 3.98. The first-order valence-electron chi connectivity index (χ1n) is 6.03. The van der Waals surface area contributed by atoms with Crippen LogP contribution in [0.15, 0.2) is 24.3 Å². The molecule has 19 heavy (non-hydrogen) atoms. The van der Waals surface area contributed by atoms with Crippen LogP contribution in [0.3, 0.4) is 0 Å². The van der Waals surface area contributed by atoms with Crippen LogP contribution in [0.2, 0.25) is 0 Å². The first kappa shape index (κ1) is 15.3. The zero-order valence-corrected chi connectivity index (χ0v) is 11.0. The van der Waals surface area contributed by atoms with Gasteiger partial charge in [-0.25, -0.2) is 0 Å². The molecule has 0 aliphatic heterocycles. The molecule has 0 radical (unpaired) electrons. The van der Waals surface area contributed by atoms with E-state index in [0.29, 0.717) is 37.7 Å². The van der Waals surface area contributed by atoms with Crippen LogP contribution >= 0.6 is 0 Å². The number of rotatable bonds is 9. The Bertz CT molecular complexity index is 398. The second kappa shape index (κ2) is 8.34. The molecule has 106 valence electrons. The number of nitrogens with zero attached hydrogens (tertiary/aromatic N) is 1. The Morgan fingerprint density at radius 1 is 1.32 bits per heavy atom. The predicted molar refractivity (Wildman–Crippen MR) is 73.4 cm³/mol. The highest BCUT2D eigenvalue weighted by Gasteiger charge is 2.12. The summed E-state index contributed by atoms with van der Waals surface area (Å²) in [6.45, 7) is 1.78. The number of carbonyl (C=O) groups is 1. The van der Waals surface area contributed by atoms with Gasteiger partial charge in [-0.1, -0.05) is 12.1 Å². The van der Waals surface area contributed by atoms with E-state index in [1.807, 2.05) is 12.1 Å². The molecule has 0 spiro atoms. The third-order valence-electron chi connectivity index (χ3n) is 2.54. The quantitative estimate of drug-likeness (QED) is 0.509.